The van der Waals surface area contributed by atoms with Crippen LogP contribution >= 0.6 is 11.6 Å². The van der Waals surface area contributed by atoms with E-state index in [0.717, 1.165) is 28.3 Å². The van der Waals surface area contributed by atoms with Gasteiger partial charge in [0.05, 0.1) is 12.7 Å². The number of quaternary nitrogens is 1. The summed E-state index contributed by atoms with van der Waals surface area (Å²) in [6, 6.07) is 13.6. The van der Waals surface area contributed by atoms with Crippen LogP contribution in [0.5, 0.6) is 11.5 Å². The number of benzene rings is 2. The van der Waals surface area contributed by atoms with Crippen molar-refractivity contribution in [3.63, 3.8) is 0 Å². The minimum atomic E-state index is -0.169. The lowest BCUT2D eigenvalue weighted by Gasteiger charge is -2.38. The number of para-hydroxylation sites is 1. The van der Waals surface area contributed by atoms with Crippen molar-refractivity contribution in [1.82, 2.24) is 5.32 Å². The number of nitrogens with one attached hydrogen (secondary N) is 1. The van der Waals surface area contributed by atoms with Gasteiger partial charge >= 0.3 is 0 Å². The lowest BCUT2D eigenvalue weighted by molar-refractivity contribution is -0.758. The van der Waals surface area contributed by atoms with Crippen LogP contribution in [0.25, 0.3) is 5.70 Å². The first-order valence-corrected chi connectivity index (χ1v) is 10.8. The maximum absolute atomic E-state index is 10.7. The second-order valence-corrected chi connectivity index (χ2v) is 8.47. The first-order chi connectivity index (χ1) is 14.0. The van der Waals surface area contributed by atoms with Crippen LogP contribution in [0.3, 0.4) is 0 Å². The topological polar surface area (TPSA) is 58.1 Å². The standard InChI is InChI=1S/C24H31ClN2O2/c1-4-5-6-7-15-24(2)26-20(17-11-13-18(25)14-12-17)16-21(27-24)19-9-8-10-22(29-3)23(19)28/h8-14,16,21,26-28H,4-7,15H2,1-3H3/p+1. The van der Waals surface area contributed by atoms with Crippen LogP contribution in [-0.2, 0) is 0 Å². The molecule has 0 saturated carbocycles. The predicted octanol–water partition coefficient (Wildman–Crippen LogP) is 4.99. The molecule has 5 heteroatoms. The number of unbranched alkanes of at least 4 members (excludes halogenated alkanes) is 3. The van der Waals surface area contributed by atoms with Gasteiger partial charge in [-0.3, -0.25) is 0 Å². The van der Waals surface area contributed by atoms with Gasteiger partial charge in [0.2, 0.25) is 0 Å². The number of methoxy groups -OCH3 is 1. The van der Waals surface area contributed by atoms with Crippen LogP contribution < -0.4 is 15.4 Å². The molecular formula is C24H32ClN2O2+. The molecule has 2 unspecified atom stereocenters. The molecule has 0 spiro atoms. The predicted molar refractivity (Wildman–Crippen MR) is 119 cm³/mol. The van der Waals surface area contributed by atoms with Crippen molar-refractivity contribution in [3.8, 4) is 11.5 Å². The Hall–Kier alpha value is -2.17. The molecule has 1 aliphatic rings. The second-order valence-electron chi connectivity index (χ2n) is 8.03. The lowest BCUT2D eigenvalue weighted by atomic mass is 9.93. The van der Waals surface area contributed by atoms with Crippen molar-refractivity contribution < 1.29 is 15.2 Å². The SMILES string of the molecule is CCCCCCC1(C)NC(c2ccc(Cl)cc2)=CC(c2cccc(OC)c2O)[NH2+]1. The fourth-order valence-corrected chi connectivity index (χ4v) is 4.16. The van der Waals surface area contributed by atoms with E-state index in [1.807, 2.05) is 36.4 Å². The van der Waals surface area contributed by atoms with Crippen LogP contribution in [-0.4, -0.2) is 17.9 Å². The van der Waals surface area contributed by atoms with Gasteiger partial charge in [0, 0.05) is 30.1 Å². The highest BCUT2D eigenvalue weighted by Gasteiger charge is 2.37. The smallest absolute Gasteiger partial charge is 0.167 e. The van der Waals surface area contributed by atoms with Crippen LogP contribution in [0.4, 0.5) is 0 Å². The number of aromatic hydroxyl groups is 1. The Morgan fingerprint density at radius 1 is 1.14 bits per heavy atom. The van der Waals surface area contributed by atoms with E-state index in [0.29, 0.717) is 5.75 Å². The molecule has 3 rings (SSSR count). The van der Waals surface area contributed by atoms with E-state index in [1.54, 1.807) is 13.2 Å². The zero-order chi connectivity index (χ0) is 20.9. The Labute approximate surface area is 178 Å². The van der Waals surface area contributed by atoms with E-state index in [1.165, 1.54) is 25.7 Å². The number of hydrogen-bond acceptors (Lipinski definition) is 3. The number of hydrogen-bond donors (Lipinski definition) is 3. The minimum Gasteiger partial charge on any atom is -0.504 e. The third kappa shape index (κ3) is 5.26. The second kappa shape index (κ2) is 9.55. The van der Waals surface area contributed by atoms with Gasteiger partial charge in [-0.1, -0.05) is 56.0 Å². The molecule has 0 aliphatic carbocycles. The number of halogens is 1. The highest BCUT2D eigenvalue weighted by Crippen LogP contribution is 2.35. The van der Waals surface area contributed by atoms with E-state index in [2.05, 4.69) is 30.6 Å². The normalized spacial score (nSPS) is 21.4. The highest BCUT2D eigenvalue weighted by molar-refractivity contribution is 6.30. The zero-order valence-electron chi connectivity index (χ0n) is 17.5. The molecular weight excluding hydrogens is 384 g/mol. The lowest BCUT2D eigenvalue weighted by Crippen LogP contribution is -3.01. The Kier molecular flexibility index (Phi) is 7.09. The highest BCUT2D eigenvalue weighted by atomic mass is 35.5. The van der Waals surface area contributed by atoms with Crippen molar-refractivity contribution >= 4 is 17.3 Å². The molecule has 0 fully saturated rings. The quantitative estimate of drug-likeness (QED) is 0.532. The molecule has 0 saturated heterocycles. The zero-order valence-corrected chi connectivity index (χ0v) is 18.3. The van der Waals surface area contributed by atoms with Crippen LogP contribution in [0.2, 0.25) is 5.02 Å². The largest absolute Gasteiger partial charge is 0.504 e. The summed E-state index contributed by atoms with van der Waals surface area (Å²) in [7, 11) is 1.58. The van der Waals surface area contributed by atoms with Gasteiger partial charge < -0.3 is 20.5 Å². The molecule has 0 bridgehead atoms. The van der Waals surface area contributed by atoms with Crippen molar-refractivity contribution in [1.29, 1.82) is 0 Å². The van der Waals surface area contributed by atoms with Crippen molar-refractivity contribution in [2.75, 3.05) is 7.11 Å². The summed E-state index contributed by atoms with van der Waals surface area (Å²) in [6.45, 7) is 4.47. The maximum Gasteiger partial charge on any atom is 0.167 e. The number of nitrogens with two attached hydrogens (primary N) is 1. The molecule has 1 aliphatic heterocycles. The molecule has 4 nitrogen and oxygen atoms in total. The van der Waals surface area contributed by atoms with Gasteiger partial charge in [0.25, 0.3) is 0 Å². The van der Waals surface area contributed by atoms with Crippen LogP contribution in [0.15, 0.2) is 48.5 Å². The van der Waals surface area contributed by atoms with Gasteiger partial charge in [0.15, 0.2) is 17.2 Å². The molecule has 1 heterocycles. The number of phenols is 1. The summed E-state index contributed by atoms with van der Waals surface area (Å²) < 4.78 is 5.33. The summed E-state index contributed by atoms with van der Waals surface area (Å²) in [5.41, 5.74) is 2.85. The summed E-state index contributed by atoms with van der Waals surface area (Å²) in [5, 5.41) is 17.5. The molecule has 156 valence electrons. The van der Waals surface area contributed by atoms with Crippen molar-refractivity contribution in [2.24, 2.45) is 0 Å². The Morgan fingerprint density at radius 2 is 1.90 bits per heavy atom. The monoisotopic (exact) mass is 415 g/mol. The van der Waals surface area contributed by atoms with E-state index in [-0.39, 0.29) is 17.5 Å². The van der Waals surface area contributed by atoms with Gasteiger partial charge in [-0.2, -0.15) is 0 Å². The van der Waals surface area contributed by atoms with E-state index in [4.69, 9.17) is 16.3 Å². The fraction of sp³-hybridized carbons (Fsp3) is 0.417. The van der Waals surface area contributed by atoms with Crippen molar-refractivity contribution in [3.05, 3.63) is 64.7 Å². The number of ether oxygens (including phenoxy) is 1. The maximum atomic E-state index is 10.7. The first kappa shape index (κ1) is 21.5. The molecule has 4 N–H and O–H groups in total. The van der Waals surface area contributed by atoms with E-state index in [9.17, 15) is 5.11 Å². The van der Waals surface area contributed by atoms with Gasteiger partial charge in [-0.15, -0.1) is 0 Å². The van der Waals surface area contributed by atoms with Gasteiger partial charge in [-0.25, -0.2) is 0 Å². The molecule has 2 atom stereocenters. The Bertz CT molecular complexity index is 850. The Balaban J connectivity index is 1.95. The summed E-state index contributed by atoms with van der Waals surface area (Å²) in [4.78, 5) is 0. The van der Waals surface area contributed by atoms with Crippen LogP contribution in [0.1, 0.15) is 63.1 Å². The van der Waals surface area contributed by atoms with Gasteiger partial charge in [0.1, 0.15) is 6.04 Å². The molecule has 2 aromatic carbocycles. The fourth-order valence-electron chi connectivity index (χ4n) is 4.03. The molecule has 2 aromatic rings. The van der Waals surface area contributed by atoms with E-state index < -0.39 is 0 Å². The Morgan fingerprint density at radius 3 is 2.59 bits per heavy atom. The molecule has 0 amide bonds. The summed E-state index contributed by atoms with van der Waals surface area (Å²) in [5.74, 6) is 0.707. The minimum absolute atomic E-state index is 0.0202. The summed E-state index contributed by atoms with van der Waals surface area (Å²) >= 11 is 6.09. The third-order valence-electron chi connectivity index (χ3n) is 5.63. The number of phenolic OH excluding ortho intramolecular Hbond substituents is 1. The third-order valence-corrected chi connectivity index (χ3v) is 5.88. The molecule has 0 radical (unpaired) electrons. The van der Waals surface area contributed by atoms with Gasteiger partial charge in [-0.05, 0) is 36.2 Å². The molecule has 29 heavy (non-hydrogen) atoms. The van der Waals surface area contributed by atoms with Crippen molar-refractivity contribution in [2.45, 2.75) is 57.7 Å². The summed E-state index contributed by atoms with van der Waals surface area (Å²) in [6.07, 6.45) is 8.10. The molecule has 0 aromatic heterocycles. The number of rotatable bonds is 8. The average molecular weight is 416 g/mol. The van der Waals surface area contributed by atoms with E-state index >= 15 is 0 Å². The van der Waals surface area contributed by atoms with Crippen LogP contribution in [0, 0.1) is 0 Å². The average Bonchev–Trinajstić information content (AvgIpc) is 2.71. The first-order valence-electron chi connectivity index (χ1n) is 10.4.